The van der Waals surface area contributed by atoms with Crippen molar-refractivity contribution < 1.29 is 14.0 Å². The maximum absolute atomic E-state index is 12.9. The zero-order valence-corrected chi connectivity index (χ0v) is 20.6. The minimum atomic E-state index is -0.309. The highest BCUT2D eigenvalue weighted by Crippen LogP contribution is 2.11. The molecule has 0 unspecified atom stereocenters. The number of nitrogens with zero attached hydrogens (tertiary/aromatic N) is 2. The molecule has 0 saturated carbocycles. The molecule has 1 heterocycles. The monoisotopic (exact) mass is 547 g/mol. The molecule has 0 aromatic heterocycles. The second-order valence-electron chi connectivity index (χ2n) is 7.39. The molecule has 1 aromatic rings. The number of hydrogen-bond acceptors (Lipinski definition) is 3. The van der Waals surface area contributed by atoms with Gasteiger partial charge in [-0.1, -0.05) is 18.6 Å². The smallest absolute Gasteiger partial charge is 0.224 e. The molecule has 1 aliphatic heterocycles. The van der Waals surface area contributed by atoms with Gasteiger partial charge in [-0.15, -0.1) is 24.0 Å². The molecule has 0 atom stereocenters. The Balaban J connectivity index is 0.00000480. The Morgan fingerprint density at radius 2 is 1.84 bits per heavy atom. The maximum Gasteiger partial charge on any atom is 0.224 e. The third-order valence-electron chi connectivity index (χ3n) is 4.89. The van der Waals surface area contributed by atoms with Crippen molar-refractivity contribution in [3.63, 3.8) is 0 Å². The number of hydrogen-bond donors (Lipinski definition) is 3. The summed E-state index contributed by atoms with van der Waals surface area (Å²) >= 11 is 0. The lowest BCUT2D eigenvalue weighted by Crippen LogP contribution is -2.42. The van der Waals surface area contributed by atoms with Crippen molar-refractivity contribution in [2.45, 2.75) is 45.4 Å². The standard InChI is InChI=1S/C22H34FN5O2.HI/c1-2-24-22(26-12-6-16-28-15-5-3-4-7-21(28)30)27-14-13-25-20(29)17-18-8-10-19(23)11-9-18;/h8-11H,2-7,12-17H2,1H3,(H,25,29)(H2,24,26,27);1H. The van der Waals surface area contributed by atoms with E-state index in [-0.39, 0.29) is 48.0 Å². The molecular formula is C22H35FIN5O2. The van der Waals surface area contributed by atoms with Gasteiger partial charge in [-0.25, -0.2) is 4.39 Å². The molecule has 9 heteroatoms. The number of halogens is 2. The fraction of sp³-hybridized carbons (Fsp3) is 0.591. The van der Waals surface area contributed by atoms with Crippen LogP contribution < -0.4 is 16.0 Å². The summed E-state index contributed by atoms with van der Waals surface area (Å²) in [5.41, 5.74) is 0.777. The summed E-state index contributed by atoms with van der Waals surface area (Å²) in [5, 5.41) is 9.22. The van der Waals surface area contributed by atoms with Crippen molar-refractivity contribution in [1.29, 1.82) is 0 Å². The van der Waals surface area contributed by atoms with Crippen molar-refractivity contribution in [1.82, 2.24) is 20.9 Å². The lowest BCUT2D eigenvalue weighted by Gasteiger charge is -2.20. The Morgan fingerprint density at radius 1 is 1.10 bits per heavy atom. The minimum Gasteiger partial charge on any atom is -0.357 e. The van der Waals surface area contributed by atoms with Crippen molar-refractivity contribution in [3.05, 3.63) is 35.6 Å². The van der Waals surface area contributed by atoms with Gasteiger partial charge in [-0.3, -0.25) is 14.6 Å². The lowest BCUT2D eigenvalue weighted by atomic mass is 10.1. The largest absolute Gasteiger partial charge is 0.357 e. The van der Waals surface area contributed by atoms with E-state index < -0.39 is 0 Å². The van der Waals surface area contributed by atoms with E-state index in [1.807, 2.05) is 11.8 Å². The first-order valence-electron chi connectivity index (χ1n) is 10.9. The Kier molecular flexibility index (Phi) is 13.8. The van der Waals surface area contributed by atoms with Gasteiger partial charge in [0.1, 0.15) is 5.82 Å². The molecule has 7 nitrogen and oxygen atoms in total. The van der Waals surface area contributed by atoms with Crippen LogP contribution in [0.25, 0.3) is 0 Å². The number of carbonyl (C=O) groups is 2. The quantitative estimate of drug-likeness (QED) is 0.182. The van der Waals surface area contributed by atoms with Crippen LogP contribution in [0.15, 0.2) is 29.3 Å². The second-order valence-corrected chi connectivity index (χ2v) is 7.39. The third-order valence-corrected chi connectivity index (χ3v) is 4.89. The summed E-state index contributed by atoms with van der Waals surface area (Å²) in [5.74, 6) is 0.550. The van der Waals surface area contributed by atoms with E-state index in [9.17, 15) is 14.0 Å². The summed E-state index contributed by atoms with van der Waals surface area (Å²) in [4.78, 5) is 30.5. The van der Waals surface area contributed by atoms with Crippen LogP contribution in [0, 0.1) is 5.82 Å². The van der Waals surface area contributed by atoms with Crippen LogP contribution in [0.2, 0.25) is 0 Å². The maximum atomic E-state index is 12.9. The van der Waals surface area contributed by atoms with Gasteiger partial charge in [0.15, 0.2) is 5.96 Å². The molecule has 0 bridgehead atoms. The average Bonchev–Trinajstić information content (AvgIpc) is 2.94. The minimum absolute atomic E-state index is 0. The van der Waals surface area contributed by atoms with E-state index in [1.54, 1.807) is 12.1 Å². The molecule has 0 radical (unpaired) electrons. The molecule has 1 saturated heterocycles. The normalized spacial score (nSPS) is 14.5. The topological polar surface area (TPSA) is 85.8 Å². The second kappa shape index (κ2) is 15.8. The third kappa shape index (κ3) is 11.3. The Labute approximate surface area is 201 Å². The van der Waals surface area contributed by atoms with Crippen LogP contribution in [0.5, 0.6) is 0 Å². The highest BCUT2D eigenvalue weighted by molar-refractivity contribution is 14.0. The number of rotatable bonds is 10. The zero-order chi connectivity index (χ0) is 21.6. The first kappa shape index (κ1) is 27.1. The highest BCUT2D eigenvalue weighted by Gasteiger charge is 2.15. The number of nitrogens with one attached hydrogen (secondary N) is 3. The van der Waals surface area contributed by atoms with Crippen LogP contribution in [0.1, 0.15) is 44.6 Å². The van der Waals surface area contributed by atoms with Gasteiger partial charge < -0.3 is 20.9 Å². The number of aliphatic imine (C=N–C) groups is 1. The Bertz CT molecular complexity index is 700. The molecule has 3 N–H and O–H groups in total. The van der Waals surface area contributed by atoms with Crippen molar-refractivity contribution >= 4 is 41.8 Å². The Hall–Kier alpha value is -1.91. The SMILES string of the molecule is CCNC(=NCCCN1CCCCCC1=O)NCCNC(=O)Cc1ccc(F)cc1.I. The van der Waals surface area contributed by atoms with E-state index in [0.29, 0.717) is 32.0 Å². The summed E-state index contributed by atoms with van der Waals surface area (Å²) in [6.07, 6.45) is 4.95. The van der Waals surface area contributed by atoms with Gasteiger partial charge in [-0.2, -0.15) is 0 Å². The zero-order valence-electron chi connectivity index (χ0n) is 18.3. The van der Waals surface area contributed by atoms with Gasteiger partial charge in [0.2, 0.25) is 11.8 Å². The molecule has 31 heavy (non-hydrogen) atoms. The van der Waals surface area contributed by atoms with E-state index in [4.69, 9.17) is 0 Å². The van der Waals surface area contributed by atoms with E-state index in [2.05, 4.69) is 20.9 Å². The van der Waals surface area contributed by atoms with Gasteiger partial charge >= 0.3 is 0 Å². The van der Waals surface area contributed by atoms with Gasteiger partial charge in [0, 0.05) is 45.7 Å². The molecule has 1 fully saturated rings. The molecule has 0 aliphatic carbocycles. The lowest BCUT2D eigenvalue weighted by molar-refractivity contribution is -0.130. The van der Waals surface area contributed by atoms with Crippen LogP contribution in [-0.4, -0.2) is 61.9 Å². The summed E-state index contributed by atoms with van der Waals surface area (Å²) < 4.78 is 12.9. The molecule has 174 valence electrons. The predicted octanol–water partition coefficient (Wildman–Crippen LogP) is 2.45. The van der Waals surface area contributed by atoms with Gasteiger partial charge in [-0.05, 0) is 43.9 Å². The summed E-state index contributed by atoms with van der Waals surface area (Å²) in [7, 11) is 0. The fourth-order valence-electron chi connectivity index (χ4n) is 3.30. The van der Waals surface area contributed by atoms with Crippen LogP contribution in [-0.2, 0) is 16.0 Å². The van der Waals surface area contributed by atoms with E-state index in [0.717, 1.165) is 50.9 Å². The highest BCUT2D eigenvalue weighted by atomic mass is 127. The number of guanidine groups is 1. The first-order chi connectivity index (χ1) is 14.6. The summed E-state index contributed by atoms with van der Waals surface area (Å²) in [6, 6.07) is 5.93. The molecule has 0 spiro atoms. The molecular weight excluding hydrogens is 512 g/mol. The van der Waals surface area contributed by atoms with Crippen LogP contribution in [0.3, 0.4) is 0 Å². The molecule has 1 aromatic carbocycles. The number of benzene rings is 1. The fourth-order valence-corrected chi connectivity index (χ4v) is 3.30. The van der Waals surface area contributed by atoms with Crippen molar-refractivity contribution in [3.8, 4) is 0 Å². The summed E-state index contributed by atoms with van der Waals surface area (Å²) in [6.45, 7) is 6.00. The average molecular weight is 547 g/mol. The number of carbonyl (C=O) groups excluding carboxylic acids is 2. The van der Waals surface area contributed by atoms with Crippen molar-refractivity contribution in [2.24, 2.45) is 4.99 Å². The van der Waals surface area contributed by atoms with Crippen molar-refractivity contribution in [2.75, 3.05) is 39.3 Å². The first-order valence-corrected chi connectivity index (χ1v) is 10.9. The van der Waals surface area contributed by atoms with E-state index in [1.165, 1.54) is 12.1 Å². The van der Waals surface area contributed by atoms with Crippen LogP contribution >= 0.6 is 24.0 Å². The molecule has 1 aliphatic rings. The number of likely N-dealkylation sites (tertiary alicyclic amines) is 1. The van der Waals surface area contributed by atoms with E-state index >= 15 is 0 Å². The number of amides is 2. The van der Waals surface area contributed by atoms with Crippen LogP contribution in [0.4, 0.5) is 4.39 Å². The molecule has 2 rings (SSSR count). The van der Waals surface area contributed by atoms with Gasteiger partial charge in [0.05, 0.1) is 6.42 Å². The van der Waals surface area contributed by atoms with Gasteiger partial charge in [0.25, 0.3) is 0 Å². The molecule has 2 amide bonds. The Morgan fingerprint density at radius 3 is 2.58 bits per heavy atom. The predicted molar refractivity (Wildman–Crippen MR) is 132 cm³/mol.